The molecule has 1 amide bonds. The highest BCUT2D eigenvalue weighted by molar-refractivity contribution is 7.11. The summed E-state index contributed by atoms with van der Waals surface area (Å²) in [5.41, 5.74) is 1.51. The minimum atomic E-state index is -0.329. The Morgan fingerprint density at radius 3 is 2.67 bits per heavy atom. The summed E-state index contributed by atoms with van der Waals surface area (Å²) in [6.45, 7) is 5.81. The quantitative estimate of drug-likeness (QED) is 0.784. The summed E-state index contributed by atoms with van der Waals surface area (Å²) >= 11 is 1.30. The summed E-state index contributed by atoms with van der Waals surface area (Å²) < 4.78 is 0. The summed E-state index contributed by atoms with van der Waals surface area (Å²) in [4.78, 5) is 33.6. The number of hydrogen-bond donors (Lipinski definition) is 1. The fourth-order valence-electron chi connectivity index (χ4n) is 1.96. The van der Waals surface area contributed by atoms with Gasteiger partial charge in [0, 0.05) is 11.6 Å². The van der Waals surface area contributed by atoms with Crippen LogP contribution < -0.4 is 5.32 Å². The average Bonchev–Trinajstić information content (AvgIpc) is 3.05. The van der Waals surface area contributed by atoms with Crippen molar-refractivity contribution in [3.8, 4) is 11.5 Å². The van der Waals surface area contributed by atoms with E-state index in [1.807, 2.05) is 31.4 Å². The Balaban J connectivity index is 1.84. The fraction of sp³-hybridized carbons (Fsp3) is 0.250. The van der Waals surface area contributed by atoms with E-state index >= 15 is 0 Å². The normalized spacial score (nSPS) is 10.8. The molecular formula is C16H16N6OS. The summed E-state index contributed by atoms with van der Waals surface area (Å²) in [7, 11) is 0. The molecule has 0 aliphatic heterocycles. The van der Waals surface area contributed by atoms with Crippen LogP contribution in [0.5, 0.6) is 0 Å². The van der Waals surface area contributed by atoms with Crippen molar-refractivity contribution in [2.75, 3.05) is 5.32 Å². The molecule has 0 aliphatic carbocycles. The highest BCUT2D eigenvalue weighted by Crippen LogP contribution is 2.19. The summed E-state index contributed by atoms with van der Waals surface area (Å²) in [5, 5.41) is 4.95. The van der Waals surface area contributed by atoms with Gasteiger partial charge < -0.3 is 0 Å². The van der Waals surface area contributed by atoms with Gasteiger partial charge in [-0.25, -0.2) is 9.97 Å². The maximum absolute atomic E-state index is 12.3. The van der Waals surface area contributed by atoms with Crippen LogP contribution in [0.2, 0.25) is 0 Å². The Labute approximate surface area is 143 Å². The van der Waals surface area contributed by atoms with Crippen molar-refractivity contribution in [3.63, 3.8) is 0 Å². The van der Waals surface area contributed by atoms with Crippen molar-refractivity contribution in [2.24, 2.45) is 0 Å². The van der Waals surface area contributed by atoms with Gasteiger partial charge in [-0.05, 0) is 25.0 Å². The largest absolute Gasteiger partial charge is 0.288 e. The van der Waals surface area contributed by atoms with Crippen LogP contribution in [0, 0.1) is 6.92 Å². The number of rotatable bonds is 4. The topological polar surface area (TPSA) is 93.6 Å². The third-order valence-electron chi connectivity index (χ3n) is 3.17. The smallest absolute Gasteiger partial charge is 0.287 e. The van der Waals surface area contributed by atoms with Crippen molar-refractivity contribution < 1.29 is 4.79 Å². The first-order chi connectivity index (χ1) is 11.5. The van der Waals surface area contributed by atoms with Gasteiger partial charge in [0.2, 0.25) is 5.95 Å². The number of nitrogens with zero attached hydrogens (tertiary/aromatic N) is 5. The number of aryl methyl sites for hydroxylation is 1. The summed E-state index contributed by atoms with van der Waals surface area (Å²) in [5.74, 6) is 1.06. The maximum atomic E-state index is 12.3. The van der Waals surface area contributed by atoms with Gasteiger partial charge >= 0.3 is 0 Å². The average molecular weight is 340 g/mol. The van der Waals surface area contributed by atoms with Gasteiger partial charge in [0.1, 0.15) is 11.5 Å². The molecule has 7 nitrogen and oxygen atoms in total. The number of carbonyl (C=O) groups is 1. The van der Waals surface area contributed by atoms with Crippen molar-refractivity contribution >= 4 is 23.2 Å². The number of pyridine rings is 1. The molecule has 8 heteroatoms. The zero-order valence-electron chi connectivity index (χ0n) is 13.5. The zero-order chi connectivity index (χ0) is 17.1. The van der Waals surface area contributed by atoms with E-state index in [-0.39, 0.29) is 17.8 Å². The van der Waals surface area contributed by atoms with E-state index < -0.39 is 0 Å². The number of carbonyl (C=O) groups excluding carboxylic acids is 1. The standard InChI is InChI=1S/C16H16N6OS/c1-9(2)12-8-24-15(20-12)14(23)22-16-19-10(3)18-13(21-16)11-6-4-5-7-17-11/h4-9H,1-3H3,(H,18,19,21,22,23). The molecule has 0 spiro atoms. The molecule has 0 atom stereocenters. The van der Waals surface area contributed by atoms with Gasteiger partial charge in [0.05, 0.1) is 5.69 Å². The van der Waals surface area contributed by atoms with Crippen LogP contribution in [0.25, 0.3) is 11.5 Å². The zero-order valence-corrected chi connectivity index (χ0v) is 14.3. The second-order valence-electron chi connectivity index (χ2n) is 5.43. The minimum absolute atomic E-state index is 0.189. The van der Waals surface area contributed by atoms with E-state index in [4.69, 9.17) is 0 Å². The van der Waals surface area contributed by atoms with Gasteiger partial charge in [-0.2, -0.15) is 9.97 Å². The molecule has 1 N–H and O–H groups in total. The second kappa shape index (κ2) is 6.79. The maximum Gasteiger partial charge on any atom is 0.287 e. The Kier molecular flexibility index (Phi) is 4.57. The number of thiazole rings is 1. The van der Waals surface area contributed by atoms with Crippen molar-refractivity contribution in [1.82, 2.24) is 24.9 Å². The van der Waals surface area contributed by atoms with Gasteiger partial charge in [-0.15, -0.1) is 11.3 Å². The monoisotopic (exact) mass is 340 g/mol. The third-order valence-corrected chi connectivity index (χ3v) is 4.03. The highest BCUT2D eigenvalue weighted by Gasteiger charge is 2.15. The first kappa shape index (κ1) is 16.1. The Bertz CT molecular complexity index is 862. The molecule has 0 fully saturated rings. The molecule has 24 heavy (non-hydrogen) atoms. The van der Waals surface area contributed by atoms with Crippen LogP contribution in [0.1, 0.15) is 41.1 Å². The number of hydrogen-bond acceptors (Lipinski definition) is 7. The van der Waals surface area contributed by atoms with Gasteiger partial charge in [0.15, 0.2) is 10.8 Å². The molecule has 3 rings (SSSR count). The number of anilines is 1. The first-order valence-electron chi connectivity index (χ1n) is 7.44. The highest BCUT2D eigenvalue weighted by atomic mass is 32.1. The van der Waals surface area contributed by atoms with Gasteiger partial charge in [0.25, 0.3) is 5.91 Å². The van der Waals surface area contributed by atoms with Crippen LogP contribution >= 0.6 is 11.3 Å². The van der Waals surface area contributed by atoms with Crippen LogP contribution in [0.3, 0.4) is 0 Å². The third kappa shape index (κ3) is 3.60. The molecule has 0 bridgehead atoms. The summed E-state index contributed by atoms with van der Waals surface area (Å²) in [6.07, 6.45) is 1.66. The number of aromatic nitrogens is 5. The van der Waals surface area contributed by atoms with Gasteiger partial charge in [-0.1, -0.05) is 19.9 Å². The lowest BCUT2D eigenvalue weighted by Gasteiger charge is -2.05. The molecule has 0 aliphatic rings. The molecule has 3 aromatic heterocycles. The van der Waals surface area contributed by atoms with E-state index in [1.165, 1.54) is 11.3 Å². The molecule has 0 radical (unpaired) electrons. The van der Waals surface area contributed by atoms with Gasteiger partial charge in [-0.3, -0.25) is 15.1 Å². The SMILES string of the molecule is Cc1nc(NC(=O)c2nc(C(C)C)cs2)nc(-c2ccccn2)n1. The minimum Gasteiger partial charge on any atom is -0.288 e. The predicted molar refractivity (Wildman–Crippen MR) is 92.0 cm³/mol. The van der Waals surface area contributed by atoms with E-state index in [0.29, 0.717) is 22.4 Å². The molecule has 0 unspecified atom stereocenters. The number of amides is 1. The Morgan fingerprint density at radius 1 is 1.17 bits per heavy atom. The lowest BCUT2D eigenvalue weighted by Crippen LogP contribution is -2.15. The molecular weight excluding hydrogens is 324 g/mol. The lowest BCUT2D eigenvalue weighted by molar-refractivity contribution is 0.102. The molecule has 0 aromatic carbocycles. The number of nitrogens with one attached hydrogen (secondary N) is 1. The van der Waals surface area contributed by atoms with Crippen molar-refractivity contribution in [3.05, 3.63) is 46.3 Å². The Morgan fingerprint density at radius 2 is 2.00 bits per heavy atom. The van der Waals surface area contributed by atoms with Crippen LogP contribution in [-0.2, 0) is 0 Å². The van der Waals surface area contributed by atoms with E-state index in [0.717, 1.165) is 5.69 Å². The molecule has 0 saturated carbocycles. The van der Waals surface area contributed by atoms with E-state index in [1.54, 1.807) is 19.2 Å². The van der Waals surface area contributed by atoms with Crippen LogP contribution in [0.15, 0.2) is 29.8 Å². The predicted octanol–water partition coefficient (Wildman–Crippen LogP) is 3.07. The molecule has 3 aromatic rings. The van der Waals surface area contributed by atoms with E-state index in [9.17, 15) is 4.79 Å². The van der Waals surface area contributed by atoms with Crippen molar-refractivity contribution in [2.45, 2.75) is 26.7 Å². The van der Waals surface area contributed by atoms with Crippen LogP contribution in [-0.4, -0.2) is 30.8 Å². The molecule has 3 heterocycles. The lowest BCUT2D eigenvalue weighted by atomic mass is 10.2. The molecule has 0 saturated heterocycles. The summed E-state index contributed by atoms with van der Waals surface area (Å²) in [6, 6.07) is 5.47. The van der Waals surface area contributed by atoms with Crippen LogP contribution in [0.4, 0.5) is 5.95 Å². The Hall–Kier alpha value is -2.74. The first-order valence-corrected chi connectivity index (χ1v) is 8.31. The fourth-order valence-corrected chi connectivity index (χ4v) is 2.83. The second-order valence-corrected chi connectivity index (χ2v) is 6.29. The van der Waals surface area contributed by atoms with E-state index in [2.05, 4.69) is 30.2 Å². The molecule has 122 valence electrons. The van der Waals surface area contributed by atoms with Crippen molar-refractivity contribution in [1.29, 1.82) is 0 Å².